The normalized spacial score (nSPS) is 16.1. The fourth-order valence-corrected chi connectivity index (χ4v) is 5.37. The second-order valence-corrected chi connectivity index (χ2v) is 9.16. The molecule has 3 aromatic carbocycles. The Kier molecular flexibility index (Phi) is 5.39. The average molecular weight is 481 g/mol. The number of carboxylic acid groups (broad SMARTS) is 1. The van der Waals surface area contributed by atoms with Crippen LogP contribution in [-0.4, -0.2) is 30.8 Å². The molecule has 0 spiro atoms. The molecule has 0 unspecified atom stereocenters. The number of nitrogens with one attached hydrogen (secondary N) is 1. The Labute approximate surface area is 207 Å². The molecule has 6 rings (SSSR count). The fourth-order valence-electron chi connectivity index (χ4n) is 5.37. The van der Waals surface area contributed by atoms with Gasteiger partial charge in [0.1, 0.15) is 25.0 Å². The minimum absolute atomic E-state index is 0.0915. The van der Waals surface area contributed by atoms with E-state index >= 15 is 0 Å². The minimum atomic E-state index is -0.899. The van der Waals surface area contributed by atoms with Gasteiger partial charge in [-0.1, -0.05) is 24.3 Å². The van der Waals surface area contributed by atoms with E-state index < -0.39 is 5.97 Å². The van der Waals surface area contributed by atoms with Gasteiger partial charge in [0.25, 0.3) is 0 Å². The van der Waals surface area contributed by atoms with E-state index in [0.29, 0.717) is 36.5 Å². The summed E-state index contributed by atoms with van der Waals surface area (Å²) in [5, 5.41) is 23.0. The Morgan fingerprint density at radius 3 is 2.72 bits per heavy atom. The highest BCUT2D eigenvalue weighted by atomic mass is 16.6. The lowest BCUT2D eigenvalue weighted by Gasteiger charge is -2.19. The highest BCUT2D eigenvalue weighted by Crippen LogP contribution is 2.42. The topological polar surface area (TPSA) is 105 Å². The van der Waals surface area contributed by atoms with Crippen LogP contribution in [0.25, 0.3) is 33.4 Å². The molecule has 0 saturated heterocycles. The van der Waals surface area contributed by atoms with Gasteiger partial charge in [0.05, 0.1) is 12.1 Å². The fraction of sp³-hybridized carbons (Fsp3) is 0.241. The van der Waals surface area contributed by atoms with Crippen LogP contribution < -0.4 is 14.8 Å². The van der Waals surface area contributed by atoms with Crippen molar-refractivity contribution in [3.63, 3.8) is 0 Å². The second-order valence-electron chi connectivity index (χ2n) is 9.16. The number of nitrogens with zero attached hydrogens (tertiary/aromatic N) is 1. The molecule has 7 nitrogen and oxygen atoms in total. The van der Waals surface area contributed by atoms with Gasteiger partial charge in [0, 0.05) is 17.0 Å². The number of hydrogen-bond acceptors (Lipinski definition) is 6. The quantitative estimate of drug-likeness (QED) is 0.395. The summed E-state index contributed by atoms with van der Waals surface area (Å²) < 4.78 is 17.7. The lowest BCUT2D eigenvalue weighted by Crippen LogP contribution is -2.26. The zero-order valence-corrected chi connectivity index (χ0v) is 19.8. The number of carbonyl (C=O) groups is 1. The summed E-state index contributed by atoms with van der Waals surface area (Å²) >= 11 is 0. The molecular weight excluding hydrogens is 456 g/mol. The summed E-state index contributed by atoms with van der Waals surface area (Å²) in [6.07, 6.45) is 1.47. The smallest absolute Gasteiger partial charge is 0.317 e. The molecule has 0 fully saturated rings. The highest BCUT2D eigenvalue weighted by molar-refractivity contribution is 5.91. The number of carboxylic acids is 1. The number of ether oxygens (including phenoxy) is 2. The molecule has 2 N–H and O–H groups in total. The first kappa shape index (κ1) is 22.2. The molecule has 1 aromatic heterocycles. The molecule has 2 aliphatic rings. The van der Waals surface area contributed by atoms with Gasteiger partial charge in [-0.15, -0.1) is 0 Å². The maximum Gasteiger partial charge on any atom is 0.317 e. The number of furan rings is 1. The van der Waals surface area contributed by atoms with E-state index in [1.807, 2.05) is 42.5 Å². The molecule has 180 valence electrons. The molecule has 1 aliphatic carbocycles. The van der Waals surface area contributed by atoms with Crippen molar-refractivity contribution in [2.45, 2.75) is 25.8 Å². The highest BCUT2D eigenvalue weighted by Gasteiger charge is 2.28. The van der Waals surface area contributed by atoms with E-state index in [1.54, 1.807) is 0 Å². The molecule has 0 saturated carbocycles. The number of aliphatic carboxylic acids is 1. The van der Waals surface area contributed by atoms with Crippen molar-refractivity contribution in [3.8, 4) is 40.0 Å². The van der Waals surface area contributed by atoms with Gasteiger partial charge in [-0.2, -0.15) is 5.26 Å². The van der Waals surface area contributed by atoms with Crippen LogP contribution in [0, 0.1) is 18.3 Å². The van der Waals surface area contributed by atoms with Gasteiger partial charge in [-0.05, 0) is 71.8 Å². The van der Waals surface area contributed by atoms with E-state index in [-0.39, 0.29) is 12.6 Å². The summed E-state index contributed by atoms with van der Waals surface area (Å²) in [6, 6.07) is 18.3. The minimum Gasteiger partial charge on any atom is -0.486 e. The van der Waals surface area contributed by atoms with Gasteiger partial charge in [0.15, 0.2) is 17.1 Å². The largest absolute Gasteiger partial charge is 0.486 e. The Balaban J connectivity index is 1.42. The van der Waals surface area contributed by atoms with E-state index in [4.69, 9.17) is 19.0 Å². The van der Waals surface area contributed by atoms with Crippen molar-refractivity contribution < 1.29 is 23.8 Å². The molecule has 0 radical (unpaired) electrons. The zero-order chi connectivity index (χ0) is 24.8. The lowest BCUT2D eigenvalue weighted by molar-refractivity contribution is -0.136. The average Bonchev–Trinajstić information content (AvgIpc) is 3.49. The summed E-state index contributed by atoms with van der Waals surface area (Å²) in [6.45, 7) is 3.03. The van der Waals surface area contributed by atoms with Gasteiger partial charge < -0.3 is 24.3 Å². The van der Waals surface area contributed by atoms with Crippen molar-refractivity contribution in [1.82, 2.24) is 5.32 Å². The number of benzene rings is 3. The maximum absolute atomic E-state index is 11.1. The van der Waals surface area contributed by atoms with Crippen LogP contribution in [0.2, 0.25) is 0 Å². The van der Waals surface area contributed by atoms with Crippen LogP contribution in [0.15, 0.2) is 52.9 Å². The van der Waals surface area contributed by atoms with Crippen LogP contribution in [0.4, 0.5) is 0 Å². The number of fused-ring (bicyclic) bond motifs is 3. The van der Waals surface area contributed by atoms with Crippen LogP contribution in [0.5, 0.6) is 11.5 Å². The summed E-state index contributed by atoms with van der Waals surface area (Å²) in [7, 11) is 0. The Morgan fingerprint density at radius 2 is 1.92 bits per heavy atom. The summed E-state index contributed by atoms with van der Waals surface area (Å²) in [5.41, 5.74) is 7.13. The first-order valence-corrected chi connectivity index (χ1v) is 12.0. The Hall–Kier alpha value is -4.28. The van der Waals surface area contributed by atoms with E-state index in [9.17, 15) is 10.1 Å². The standard InChI is InChI=1S/C29H24N2O5/c1-16-19(17-5-8-25-27(12-17)35-10-9-34-25)3-2-4-20(16)26-13-18-11-22-21(23(14-30)29(18)36-26)6-7-24(22)31-15-28(32)33/h2-5,8,11-13,24,31H,6-7,9-10,15H2,1H3,(H,32,33)/t24-/m1/s1. The van der Waals surface area contributed by atoms with Crippen LogP contribution in [-0.2, 0) is 11.2 Å². The maximum atomic E-state index is 11.1. The third-order valence-electron chi connectivity index (χ3n) is 7.07. The molecule has 1 aliphatic heterocycles. The second kappa shape index (κ2) is 8.74. The monoisotopic (exact) mass is 480 g/mol. The molecule has 1 atom stereocenters. The molecular formula is C29H24N2O5. The number of rotatable bonds is 5. The molecule has 2 heterocycles. The van der Waals surface area contributed by atoms with Crippen LogP contribution in [0.1, 0.15) is 34.7 Å². The predicted octanol–water partition coefficient (Wildman–Crippen LogP) is 5.38. The molecule has 7 heteroatoms. The summed E-state index contributed by atoms with van der Waals surface area (Å²) in [4.78, 5) is 11.1. The van der Waals surface area contributed by atoms with Gasteiger partial charge in [0.2, 0.25) is 0 Å². The lowest BCUT2D eigenvalue weighted by atomic mass is 9.95. The van der Waals surface area contributed by atoms with Gasteiger partial charge in [-0.25, -0.2) is 0 Å². The van der Waals surface area contributed by atoms with Gasteiger partial charge >= 0.3 is 5.97 Å². The van der Waals surface area contributed by atoms with Crippen molar-refractivity contribution in [2.24, 2.45) is 0 Å². The van der Waals surface area contributed by atoms with E-state index in [2.05, 4.69) is 24.4 Å². The number of hydrogen-bond donors (Lipinski definition) is 2. The SMILES string of the molecule is Cc1c(-c2ccc3c(c2)OCCO3)cccc1-c1cc2cc3c(c(C#N)c2o1)CC[C@H]3NCC(=O)O. The Morgan fingerprint density at radius 1 is 1.11 bits per heavy atom. The predicted molar refractivity (Wildman–Crippen MR) is 134 cm³/mol. The zero-order valence-electron chi connectivity index (χ0n) is 19.8. The molecule has 4 aromatic rings. The molecule has 0 amide bonds. The van der Waals surface area contributed by atoms with Gasteiger partial charge in [-0.3, -0.25) is 4.79 Å². The molecule has 36 heavy (non-hydrogen) atoms. The van der Waals surface area contributed by atoms with E-state index in [0.717, 1.165) is 56.7 Å². The third kappa shape index (κ3) is 3.67. The van der Waals surface area contributed by atoms with Crippen molar-refractivity contribution >= 4 is 16.9 Å². The van der Waals surface area contributed by atoms with E-state index in [1.165, 1.54) is 0 Å². The first-order valence-electron chi connectivity index (χ1n) is 12.0. The van der Waals surface area contributed by atoms with Crippen molar-refractivity contribution in [1.29, 1.82) is 5.26 Å². The Bertz CT molecular complexity index is 1560. The van der Waals surface area contributed by atoms with Crippen molar-refractivity contribution in [3.05, 3.63) is 70.8 Å². The van der Waals surface area contributed by atoms with Crippen LogP contribution in [0.3, 0.4) is 0 Å². The summed E-state index contributed by atoms with van der Waals surface area (Å²) in [5.74, 6) is 1.29. The third-order valence-corrected chi connectivity index (χ3v) is 7.07. The first-order chi connectivity index (χ1) is 17.5. The molecule has 0 bridgehead atoms. The number of nitriles is 1. The van der Waals surface area contributed by atoms with Crippen LogP contribution >= 0.6 is 0 Å². The van der Waals surface area contributed by atoms with Crippen molar-refractivity contribution in [2.75, 3.05) is 19.8 Å².